The fraction of sp³-hybridized carbons (Fsp3) is 0.773. The highest BCUT2D eigenvalue weighted by Gasteiger charge is 2.37. The number of carbonyl (C=O) groups is 1. The number of carbonyl (C=O) groups excluding carboxylic acids is 1. The van der Waals surface area contributed by atoms with Crippen LogP contribution in [0.2, 0.25) is 0 Å². The lowest BCUT2D eigenvalue weighted by Gasteiger charge is -2.39. The van der Waals surface area contributed by atoms with Gasteiger partial charge < -0.3 is 9.84 Å². The summed E-state index contributed by atoms with van der Waals surface area (Å²) >= 11 is 0. The van der Waals surface area contributed by atoms with Gasteiger partial charge in [-0.25, -0.2) is 0 Å². The van der Waals surface area contributed by atoms with Crippen molar-refractivity contribution in [3.05, 3.63) is 23.8 Å². The number of rotatable bonds is 9. The van der Waals surface area contributed by atoms with Gasteiger partial charge in [0.05, 0.1) is 12.0 Å². The average molecular weight is 349 g/mol. The number of aliphatic hydroxyl groups excluding tert-OH is 1. The lowest BCUT2D eigenvalue weighted by molar-refractivity contribution is -0.157. The molecule has 5 atom stereocenters. The van der Waals surface area contributed by atoms with E-state index in [1.54, 1.807) is 0 Å². The number of hydrogen-bond donors (Lipinski definition) is 1. The van der Waals surface area contributed by atoms with Crippen LogP contribution in [0.15, 0.2) is 23.8 Å². The second kappa shape index (κ2) is 10.2. The third kappa shape index (κ3) is 5.70. The smallest absolute Gasteiger partial charge is 0.308 e. The van der Waals surface area contributed by atoms with Crippen molar-refractivity contribution < 1.29 is 14.6 Å². The van der Waals surface area contributed by atoms with Crippen LogP contribution in [0.3, 0.4) is 0 Å². The molecular formula is C22H36O3. The lowest BCUT2D eigenvalue weighted by Crippen LogP contribution is -2.37. The Balaban J connectivity index is 1.95. The van der Waals surface area contributed by atoms with E-state index in [0.29, 0.717) is 11.8 Å². The van der Waals surface area contributed by atoms with Gasteiger partial charge in [0.1, 0.15) is 6.10 Å². The predicted molar refractivity (Wildman–Crippen MR) is 102 cm³/mol. The fourth-order valence-electron chi connectivity index (χ4n) is 4.08. The molecule has 2 rings (SSSR count). The van der Waals surface area contributed by atoms with Crippen LogP contribution in [-0.4, -0.2) is 23.3 Å². The first kappa shape index (κ1) is 20.2. The fourth-order valence-corrected chi connectivity index (χ4v) is 4.08. The monoisotopic (exact) mass is 348 g/mol. The number of hydrogen-bond acceptors (Lipinski definition) is 3. The maximum Gasteiger partial charge on any atom is 0.308 e. The minimum absolute atomic E-state index is 0.0116. The summed E-state index contributed by atoms with van der Waals surface area (Å²) in [6.07, 6.45) is 15.7. The van der Waals surface area contributed by atoms with E-state index < -0.39 is 0 Å². The average Bonchev–Trinajstić information content (AvgIpc) is 2.64. The van der Waals surface area contributed by atoms with Gasteiger partial charge in [0.15, 0.2) is 0 Å². The largest absolute Gasteiger partial charge is 0.461 e. The van der Waals surface area contributed by atoms with Gasteiger partial charge in [-0.15, -0.1) is 0 Å². The zero-order chi connectivity index (χ0) is 18.2. The number of ether oxygens (including phenoxy) is 1. The molecule has 0 saturated heterocycles. The van der Waals surface area contributed by atoms with Crippen molar-refractivity contribution >= 4 is 5.97 Å². The van der Waals surface area contributed by atoms with E-state index in [2.05, 4.69) is 18.2 Å². The molecule has 0 aromatic rings. The highest BCUT2D eigenvalue weighted by molar-refractivity contribution is 5.72. The first-order valence-electron chi connectivity index (χ1n) is 10.3. The lowest BCUT2D eigenvalue weighted by atomic mass is 9.70. The molecule has 0 unspecified atom stereocenters. The van der Waals surface area contributed by atoms with E-state index in [1.165, 1.54) is 5.57 Å². The molecule has 0 aromatic heterocycles. The van der Waals surface area contributed by atoms with Crippen molar-refractivity contribution in [1.82, 2.24) is 0 Å². The summed E-state index contributed by atoms with van der Waals surface area (Å²) < 4.78 is 5.95. The first-order valence-corrected chi connectivity index (χ1v) is 10.3. The Bertz CT molecular complexity index is 480. The molecule has 3 nitrogen and oxygen atoms in total. The minimum atomic E-state index is -0.152. The highest BCUT2D eigenvalue weighted by Crippen LogP contribution is 2.41. The van der Waals surface area contributed by atoms with Crippen molar-refractivity contribution in [2.24, 2.45) is 17.8 Å². The van der Waals surface area contributed by atoms with Gasteiger partial charge in [0.2, 0.25) is 0 Å². The van der Waals surface area contributed by atoms with E-state index in [0.717, 1.165) is 57.8 Å². The Kier molecular flexibility index (Phi) is 8.21. The molecule has 0 spiro atoms. The summed E-state index contributed by atoms with van der Waals surface area (Å²) in [6, 6.07) is 0. The van der Waals surface area contributed by atoms with Gasteiger partial charge >= 0.3 is 5.97 Å². The number of unbranched alkanes of at least 4 members (excludes halogenated alkanes) is 1. The molecule has 0 fully saturated rings. The topological polar surface area (TPSA) is 46.5 Å². The number of fused-ring (bicyclic) bond motifs is 1. The Morgan fingerprint density at radius 1 is 1.32 bits per heavy atom. The Morgan fingerprint density at radius 3 is 2.84 bits per heavy atom. The summed E-state index contributed by atoms with van der Waals surface area (Å²) in [4.78, 5) is 12.3. The molecule has 0 aliphatic heterocycles. The number of aliphatic hydroxyl groups is 1. The molecular weight excluding hydrogens is 312 g/mol. The van der Waals surface area contributed by atoms with Crippen molar-refractivity contribution in [3.8, 4) is 0 Å². The van der Waals surface area contributed by atoms with Crippen molar-refractivity contribution in [3.63, 3.8) is 0 Å². The van der Waals surface area contributed by atoms with E-state index in [4.69, 9.17) is 4.74 Å². The van der Waals surface area contributed by atoms with Crippen LogP contribution in [0.25, 0.3) is 0 Å². The quantitative estimate of drug-likeness (QED) is 0.461. The molecule has 25 heavy (non-hydrogen) atoms. The van der Waals surface area contributed by atoms with E-state index in [-0.39, 0.29) is 24.1 Å². The molecule has 1 N–H and O–H groups in total. The van der Waals surface area contributed by atoms with Crippen LogP contribution < -0.4 is 0 Å². The van der Waals surface area contributed by atoms with E-state index >= 15 is 0 Å². The first-order chi connectivity index (χ1) is 12.1. The van der Waals surface area contributed by atoms with Gasteiger partial charge in [0, 0.05) is 5.92 Å². The van der Waals surface area contributed by atoms with E-state index in [1.807, 2.05) is 20.8 Å². The molecule has 0 saturated carbocycles. The van der Waals surface area contributed by atoms with Crippen molar-refractivity contribution in [1.29, 1.82) is 0 Å². The third-order valence-electron chi connectivity index (χ3n) is 5.99. The molecule has 0 bridgehead atoms. The van der Waals surface area contributed by atoms with Crippen LogP contribution in [0.5, 0.6) is 0 Å². The van der Waals surface area contributed by atoms with Crippen molar-refractivity contribution in [2.45, 2.75) is 90.8 Å². The Labute approximate surface area is 153 Å². The predicted octanol–water partition coefficient (Wildman–Crippen LogP) is 5.19. The van der Waals surface area contributed by atoms with Gasteiger partial charge in [-0.1, -0.05) is 51.8 Å². The third-order valence-corrected chi connectivity index (χ3v) is 5.99. The van der Waals surface area contributed by atoms with Gasteiger partial charge in [-0.3, -0.25) is 4.79 Å². The van der Waals surface area contributed by atoms with Gasteiger partial charge in [-0.05, 0) is 56.4 Å². The zero-order valence-corrected chi connectivity index (χ0v) is 16.2. The summed E-state index contributed by atoms with van der Waals surface area (Å²) in [5.74, 6) is 0.878. The standard InChI is InChI=1S/C22H36O3/c1-4-16(3)22(24)25-20-15-9-13-18-12-8-11-17(21(18)20)10-6-7-14-19(23)5-2/h8,12-13,16-17,19-21,23H,4-7,9-11,14-15H2,1-3H3/t16-,17-,19-,20-,21+/m0/s1. The summed E-state index contributed by atoms with van der Waals surface area (Å²) in [5, 5.41) is 9.72. The summed E-state index contributed by atoms with van der Waals surface area (Å²) in [6.45, 7) is 6.03. The Morgan fingerprint density at radius 2 is 2.12 bits per heavy atom. The molecule has 0 heterocycles. The van der Waals surface area contributed by atoms with Crippen LogP contribution in [0.4, 0.5) is 0 Å². The number of allylic oxidation sites excluding steroid dienone is 3. The van der Waals surface area contributed by atoms with Crippen LogP contribution in [0, 0.1) is 17.8 Å². The normalized spacial score (nSPS) is 28.0. The molecule has 0 radical (unpaired) electrons. The van der Waals surface area contributed by atoms with Gasteiger partial charge in [0.25, 0.3) is 0 Å². The number of esters is 1. The minimum Gasteiger partial charge on any atom is -0.461 e. The molecule has 3 heteroatoms. The van der Waals surface area contributed by atoms with Crippen molar-refractivity contribution in [2.75, 3.05) is 0 Å². The second-order valence-electron chi connectivity index (χ2n) is 7.84. The Hall–Kier alpha value is -1.09. The SMILES string of the molecule is CC[C@H](O)CCCC[C@H]1CC=CC2=CCC[C@H](OC(=O)[C@@H](C)CC)[C@@H]21. The second-order valence-corrected chi connectivity index (χ2v) is 7.84. The van der Waals surface area contributed by atoms with Gasteiger partial charge in [-0.2, -0.15) is 0 Å². The molecule has 2 aliphatic carbocycles. The molecule has 2 aliphatic rings. The summed E-state index contributed by atoms with van der Waals surface area (Å²) in [7, 11) is 0. The summed E-state index contributed by atoms with van der Waals surface area (Å²) in [5.41, 5.74) is 1.37. The maximum absolute atomic E-state index is 12.3. The van der Waals surface area contributed by atoms with Crippen LogP contribution in [-0.2, 0) is 9.53 Å². The van der Waals surface area contributed by atoms with Crippen LogP contribution >= 0.6 is 0 Å². The molecule has 0 aromatic carbocycles. The molecule has 0 amide bonds. The van der Waals surface area contributed by atoms with E-state index in [9.17, 15) is 9.90 Å². The molecule has 142 valence electrons. The zero-order valence-electron chi connectivity index (χ0n) is 16.2. The maximum atomic E-state index is 12.3. The highest BCUT2D eigenvalue weighted by atomic mass is 16.5. The van der Waals surface area contributed by atoms with Crippen LogP contribution in [0.1, 0.15) is 78.6 Å².